The van der Waals surface area contributed by atoms with Gasteiger partial charge >= 0.3 is 5.97 Å². The zero-order valence-electron chi connectivity index (χ0n) is 11.1. The number of rotatable bonds is 7. The van der Waals surface area contributed by atoms with Crippen LogP contribution in [0.4, 0.5) is 0 Å². The van der Waals surface area contributed by atoms with E-state index in [-0.39, 0.29) is 17.4 Å². The van der Waals surface area contributed by atoms with Crippen LogP contribution >= 0.6 is 0 Å². The molecule has 5 heteroatoms. The lowest BCUT2D eigenvalue weighted by Crippen LogP contribution is -2.29. The standard InChI is InChI=1S/C13H24O4S/c1-11-6-5-7-12(10-11)18(16,17)9-4-2-3-8-13(14)15/h11-12H,2-10H2,1H3,(H,14,15). The molecule has 1 saturated carbocycles. The van der Waals surface area contributed by atoms with Crippen molar-refractivity contribution in [3.05, 3.63) is 0 Å². The predicted octanol–water partition coefficient (Wildman–Crippen LogP) is 2.62. The summed E-state index contributed by atoms with van der Waals surface area (Å²) in [4.78, 5) is 10.3. The fourth-order valence-electron chi connectivity index (χ4n) is 2.63. The third-order valence-electron chi connectivity index (χ3n) is 3.72. The summed E-state index contributed by atoms with van der Waals surface area (Å²) in [6.45, 7) is 2.12. The molecule has 0 aromatic carbocycles. The highest BCUT2D eigenvalue weighted by Crippen LogP contribution is 2.29. The maximum Gasteiger partial charge on any atom is 0.303 e. The van der Waals surface area contributed by atoms with Crippen LogP contribution in [-0.4, -0.2) is 30.5 Å². The second-order valence-electron chi connectivity index (χ2n) is 5.47. The molecule has 106 valence electrons. The van der Waals surface area contributed by atoms with E-state index in [9.17, 15) is 13.2 Å². The van der Waals surface area contributed by atoms with Gasteiger partial charge in [-0.05, 0) is 31.6 Å². The molecule has 1 N–H and O–H groups in total. The number of carboxylic acids is 1. The van der Waals surface area contributed by atoms with Crippen molar-refractivity contribution in [2.24, 2.45) is 5.92 Å². The molecule has 2 unspecified atom stereocenters. The summed E-state index contributed by atoms with van der Waals surface area (Å²) in [7, 11) is -2.96. The van der Waals surface area contributed by atoms with E-state index < -0.39 is 15.8 Å². The SMILES string of the molecule is CC1CCCC(S(=O)(=O)CCCCCC(=O)O)C1. The van der Waals surface area contributed by atoms with Crippen molar-refractivity contribution < 1.29 is 18.3 Å². The number of carbonyl (C=O) groups is 1. The lowest BCUT2D eigenvalue weighted by molar-refractivity contribution is -0.137. The summed E-state index contributed by atoms with van der Waals surface area (Å²) >= 11 is 0. The van der Waals surface area contributed by atoms with Gasteiger partial charge in [0.1, 0.15) is 0 Å². The van der Waals surface area contributed by atoms with Crippen molar-refractivity contribution in [2.45, 2.75) is 63.5 Å². The molecule has 1 fully saturated rings. The molecule has 2 atom stereocenters. The van der Waals surface area contributed by atoms with Gasteiger partial charge in [-0.15, -0.1) is 0 Å². The molecule has 0 aromatic heterocycles. The molecule has 0 aliphatic heterocycles. The Kier molecular flexibility index (Phi) is 6.12. The van der Waals surface area contributed by atoms with Gasteiger partial charge in [0.05, 0.1) is 11.0 Å². The first-order chi connectivity index (χ1) is 8.42. The Balaban J connectivity index is 2.28. The molecule has 1 rings (SSSR count). The van der Waals surface area contributed by atoms with Gasteiger partial charge in [0.25, 0.3) is 0 Å². The number of carboxylic acid groups (broad SMARTS) is 1. The minimum Gasteiger partial charge on any atom is -0.481 e. The second kappa shape index (κ2) is 7.12. The van der Waals surface area contributed by atoms with Crippen LogP contribution in [0.5, 0.6) is 0 Å². The smallest absolute Gasteiger partial charge is 0.303 e. The summed E-state index contributed by atoms with van der Waals surface area (Å²) in [6.07, 6.45) is 5.77. The minimum atomic E-state index is -2.96. The Hall–Kier alpha value is -0.580. The Morgan fingerprint density at radius 2 is 1.94 bits per heavy atom. The lowest BCUT2D eigenvalue weighted by Gasteiger charge is -2.26. The van der Waals surface area contributed by atoms with Crippen LogP contribution in [0, 0.1) is 5.92 Å². The first kappa shape index (κ1) is 15.5. The maximum atomic E-state index is 12.1. The molecule has 1 aliphatic carbocycles. The first-order valence-corrected chi connectivity index (χ1v) is 8.56. The number of unbranched alkanes of at least 4 members (excludes halogenated alkanes) is 2. The van der Waals surface area contributed by atoms with Crippen LogP contribution in [0.15, 0.2) is 0 Å². The second-order valence-corrected chi connectivity index (χ2v) is 7.87. The fourth-order valence-corrected chi connectivity index (χ4v) is 4.71. The van der Waals surface area contributed by atoms with E-state index in [4.69, 9.17) is 5.11 Å². The highest BCUT2D eigenvalue weighted by Gasteiger charge is 2.29. The Morgan fingerprint density at radius 3 is 2.56 bits per heavy atom. The summed E-state index contributed by atoms with van der Waals surface area (Å²) in [5, 5.41) is 8.34. The van der Waals surface area contributed by atoms with Crippen molar-refractivity contribution in [2.75, 3.05) is 5.75 Å². The molecular formula is C13H24O4S. The Morgan fingerprint density at radius 1 is 1.22 bits per heavy atom. The molecule has 0 radical (unpaired) electrons. The molecule has 0 spiro atoms. The summed E-state index contributed by atoms with van der Waals surface area (Å²) in [6, 6.07) is 0. The van der Waals surface area contributed by atoms with E-state index in [2.05, 4.69) is 6.92 Å². The third-order valence-corrected chi connectivity index (χ3v) is 6.02. The van der Waals surface area contributed by atoms with E-state index in [1.165, 1.54) is 0 Å². The molecule has 0 heterocycles. The van der Waals surface area contributed by atoms with Gasteiger partial charge in [-0.1, -0.05) is 26.2 Å². The van der Waals surface area contributed by atoms with E-state index in [1.54, 1.807) is 0 Å². The molecule has 0 amide bonds. The predicted molar refractivity (Wildman–Crippen MR) is 71.3 cm³/mol. The molecule has 0 bridgehead atoms. The summed E-state index contributed by atoms with van der Waals surface area (Å²) < 4.78 is 24.2. The normalized spacial score (nSPS) is 24.9. The fraction of sp³-hybridized carbons (Fsp3) is 0.923. The lowest BCUT2D eigenvalue weighted by atomic mass is 9.91. The number of sulfone groups is 1. The van der Waals surface area contributed by atoms with E-state index in [1.807, 2.05) is 0 Å². The van der Waals surface area contributed by atoms with Gasteiger partial charge in [-0.25, -0.2) is 8.42 Å². The largest absolute Gasteiger partial charge is 0.481 e. The average Bonchev–Trinajstić information content (AvgIpc) is 2.28. The van der Waals surface area contributed by atoms with Crippen molar-refractivity contribution in [1.29, 1.82) is 0 Å². The molecular weight excluding hydrogens is 252 g/mol. The van der Waals surface area contributed by atoms with Gasteiger partial charge < -0.3 is 5.11 Å². The van der Waals surface area contributed by atoms with Crippen LogP contribution in [0.25, 0.3) is 0 Å². The van der Waals surface area contributed by atoms with Crippen molar-refractivity contribution in [1.82, 2.24) is 0 Å². The topological polar surface area (TPSA) is 71.4 Å². The highest BCUT2D eigenvalue weighted by atomic mass is 32.2. The molecule has 1 aliphatic rings. The summed E-state index contributed by atoms with van der Waals surface area (Å²) in [5.74, 6) is -0.0613. The highest BCUT2D eigenvalue weighted by molar-refractivity contribution is 7.92. The number of hydrogen-bond acceptors (Lipinski definition) is 3. The van der Waals surface area contributed by atoms with Crippen LogP contribution in [0.2, 0.25) is 0 Å². The quantitative estimate of drug-likeness (QED) is 0.726. The van der Waals surface area contributed by atoms with Crippen LogP contribution in [0.3, 0.4) is 0 Å². The molecule has 18 heavy (non-hydrogen) atoms. The molecule has 0 saturated heterocycles. The Bertz CT molecular complexity index is 361. The monoisotopic (exact) mass is 276 g/mol. The van der Waals surface area contributed by atoms with E-state index in [0.29, 0.717) is 25.2 Å². The van der Waals surface area contributed by atoms with Crippen molar-refractivity contribution >= 4 is 15.8 Å². The third kappa shape index (κ3) is 5.38. The minimum absolute atomic E-state index is 0.139. The average molecular weight is 276 g/mol. The van der Waals surface area contributed by atoms with Gasteiger partial charge in [-0.3, -0.25) is 4.79 Å². The molecule has 4 nitrogen and oxygen atoms in total. The zero-order valence-corrected chi connectivity index (χ0v) is 11.9. The summed E-state index contributed by atoms with van der Waals surface area (Å²) in [5.41, 5.74) is 0. The Labute approximate surface area is 110 Å². The van der Waals surface area contributed by atoms with Gasteiger partial charge in [0.2, 0.25) is 0 Å². The van der Waals surface area contributed by atoms with Crippen LogP contribution in [-0.2, 0) is 14.6 Å². The van der Waals surface area contributed by atoms with E-state index >= 15 is 0 Å². The van der Waals surface area contributed by atoms with Crippen LogP contribution in [0.1, 0.15) is 58.3 Å². The first-order valence-electron chi connectivity index (χ1n) is 6.85. The van der Waals surface area contributed by atoms with Crippen molar-refractivity contribution in [3.63, 3.8) is 0 Å². The van der Waals surface area contributed by atoms with Crippen LogP contribution < -0.4 is 0 Å². The van der Waals surface area contributed by atoms with E-state index in [0.717, 1.165) is 25.7 Å². The van der Waals surface area contributed by atoms with Gasteiger partial charge in [0.15, 0.2) is 9.84 Å². The molecule has 0 aromatic rings. The number of hydrogen-bond donors (Lipinski definition) is 1. The maximum absolute atomic E-state index is 12.1. The van der Waals surface area contributed by atoms with Crippen molar-refractivity contribution in [3.8, 4) is 0 Å². The zero-order chi connectivity index (χ0) is 13.6. The van der Waals surface area contributed by atoms with Gasteiger partial charge in [0, 0.05) is 6.42 Å². The number of aliphatic carboxylic acids is 1. The van der Waals surface area contributed by atoms with Gasteiger partial charge in [-0.2, -0.15) is 0 Å².